The van der Waals surface area contributed by atoms with Crippen LogP contribution in [0.15, 0.2) is 16.4 Å². The summed E-state index contributed by atoms with van der Waals surface area (Å²) in [6, 6.07) is 0. The molecule has 0 spiro atoms. The normalized spacial score (nSPS) is 15.4. The fourth-order valence-electron chi connectivity index (χ4n) is 1.05. The zero-order valence-corrected chi connectivity index (χ0v) is 12.2. The van der Waals surface area contributed by atoms with Crippen molar-refractivity contribution in [3.8, 4) is 0 Å². The second kappa shape index (κ2) is 7.93. The molecule has 112 valence electrons. The SMILES string of the molecule is CC(=O)NCC(=O)O.CC1=N/C(=C(/C)N(C)C)C(=O)O1. The minimum absolute atomic E-state index is 0.296. The Morgan fingerprint density at radius 2 is 1.90 bits per heavy atom. The third-order valence-electron chi connectivity index (χ3n) is 2.21. The number of rotatable bonds is 3. The number of carbonyl (C=O) groups excluding carboxylic acids is 2. The smallest absolute Gasteiger partial charge is 0.365 e. The van der Waals surface area contributed by atoms with E-state index in [-0.39, 0.29) is 18.4 Å². The number of aliphatic imine (C=N–C) groups is 1. The van der Waals surface area contributed by atoms with E-state index < -0.39 is 5.97 Å². The number of cyclic esters (lactones) is 1. The van der Waals surface area contributed by atoms with Crippen LogP contribution in [0.4, 0.5) is 0 Å². The van der Waals surface area contributed by atoms with E-state index in [4.69, 9.17) is 9.84 Å². The van der Waals surface area contributed by atoms with Crippen LogP contribution in [0.5, 0.6) is 0 Å². The first-order valence-electron chi connectivity index (χ1n) is 5.77. The van der Waals surface area contributed by atoms with Gasteiger partial charge in [0.2, 0.25) is 5.91 Å². The quantitative estimate of drug-likeness (QED) is 0.556. The maximum Gasteiger partial charge on any atom is 0.365 e. The third-order valence-corrected chi connectivity index (χ3v) is 2.21. The number of amides is 1. The summed E-state index contributed by atoms with van der Waals surface area (Å²) in [5, 5.41) is 10.1. The molecule has 1 heterocycles. The number of carboxylic acids is 1. The Morgan fingerprint density at radius 1 is 1.35 bits per heavy atom. The molecule has 0 saturated carbocycles. The Hall–Kier alpha value is -2.38. The third kappa shape index (κ3) is 6.53. The minimum Gasteiger partial charge on any atom is -0.480 e. The molecular weight excluding hydrogens is 266 g/mol. The van der Waals surface area contributed by atoms with Crippen molar-refractivity contribution < 1.29 is 24.2 Å². The number of carboxylic acid groups (broad SMARTS) is 1. The molecule has 20 heavy (non-hydrogen) atoms. The van der Waals surface area contributed by atoms with Crippen LogP contribution in [-0.2, 0) is 19.1 Å². The molecule has 0 aromatic heterocycles. The zero-order chi connectivity index (χ0) is 15.9. The molecule has 1 rings (SSSR count). The van der Waals surface area contributed by atoms with Crippen molar-refractivity contribution in [2.24, 2.45) is 4.99 Å². The molecule has 1 amide bonds. The van der Waals surface area contributed by atoms with Crippen LogP contribution in [-0.4, -0.2) is 54.4 Å². The second-order valence-corrected chi connectivity index (χ2v) is 4.15. The summed E-state index contributed by atoms with van der Waals surface area (Å²) < 4.78 is 4.77. The van der Waals surface area contributed by atoms with E-state index in [9.17, 15) is 14.4 Å². The highest BCUT2D eigenvalue weighted by Crippen LogP contribution is 2.15. The average molecular weight is 285 g/mol. The zero-order valence-electron chi connectivity index (χ0n) is 12.2. The van der Waals surface area contributed by atoms with Crippen molar-refractivity contribution in [3.05, 3.63) is 11.4 Å². The van der Waals surface area contributed by atoms with Crippen molar-refractivity contribution in [2.75, 3.05) is 20.6 Å². The van der Waals surface area contributed by atoms with Gasteiger partial charge < -0.3 is 20.1 Å². The molecular formula is C12H19N3O5. The van der Waals surface area contributed by atoms with Crippen molar-refractivity contribution in [1.82, 2.24) is 10.2 Å². The summed E-state index contributed by atoms with van der Waals surface area (Å²) in [5.74, 6) is -1.30. The van der Waals surface area contributed by atoms with Gasteiger partial charge in [-0.05, 0) is 6.92 Å². The van der Waals surface area contributed by atoms with Gasteiger partial charge in [-0.15, -0.1) is 0 Å². The molecule has 0 aliphatic carbocycles. The number of esters is 1. The average Bonchev–Trinajstić information content (AvgIpc) is 2.65. The molecule has 0 fully saturated rings. The van der Waals surface area contributed by atoms with Gasteiger partial charge in [-0.1, -0.05) is 0 Å². The maximum absolute atomic E-state index is 11.1. The lowest BCUT2D eigenvalue weighted by Crippen LogP contribution is -2.26. The molecule has 0 bridgehead atoms. The summed E-state index contributed by atoms with van der Waals surface area (Å²) in [7, 11) is 3.72. The molecule has 1 aliphatic heterocycles. The Bertz CT molecular complexity index is 452. The summed E-state index contributed by atoms with van der Waals surface area (Å²) >= 11 is 0. The van der Waals surface area contributed by atoms with Crippen LogP contribution in [0.25, 0.3) is 0 Å². The highest BCUT2D eigenvalue weighted by molar-refractivity contribution is 6.04. The Morgan fingerprint density at radius 3 is 2.15 bits per heavy atom. The molecule has 1 aliphatic rings. The second-order valence-electron chi connectivity index (χ2n) is 4.15. The number of ether oxygens (including phenoxy) is 1. The van der Waals surface area contributed by atoms with E-state index >= 15 is 0 Å². The van der Waals surface area contributed by atoms with Gasteiger partial charge in [-0.3, -0.25) is 9.59 Å². The fourth-order valence-corrected chi connectivity index (χ4v) is 1.05. The predicted octanol–water partition coefficient (Wildman–Crippen LogP) is -0.0382. The monoisotopic (exact) mass is 285 g/mol. The lowest BCUT2D eigenvalue weighted by molar-refractivity contribution is -0.137. The van der Waals surface area contributed by atoms with Crippen LogP contribution in [0.3, 0.4) is 0 Å². The van der Waals surface area contributed by atoms with Crippen molar-refractivity contribution >= 4 is 23.7 Å². The van der Waals surface area contributed by atoms with Crippen LogP contribution in [0.1, 0.15) is 20.8 Å². The van der Waals surface area contributed by atoms with Crippen LogP contribution < -0.4 is 5.32 Å². The highest BCUT2D eigenvalue weighted by atomic mass is 16.6. The summed E-state index contributed by atoms with van der Waals surface area (Å²) in [5.41, 5.74) is 1.22. The lowest BCUT2D eigenvalue weighted by Gasteiger charge is -2.12. The first-order valence-corrected chi connectivity index (χ1v) is 5.77. The van der Waals surface area contributed by atoms with Crippen molar-refractivity contribution in [1.29, 1.82) is 0 Å². The lowest BCUT2D eigenvalue weighted by atomic mass is 10.3. The number of aliphatic carboxylic acids is 1. The predicted molar refractivity (Wildman–Crippen MR) is 71.9 cm³/mol. The first-order chi connectivity index (χ1) is 9.15. The molecule has 8 nitrogen and oxygen atoms in total. The summed E-state index contributed by atoms with van der Waals surface area (Å²) in [4.78, 5) is 36.6. The molecule has 0 radical (unpaired) electrons. The van der Waals surface area contributed by atoms with Gasteiger partial charge in [0, 0.05) is 33.6 Å². The number of carbonyl (C=O) groups is 3. The molecule has 0 aromatic carbocycles. The molecule has 8 heteroatoms. The van der Waals surface area contributed by atoms with E-state index in [0.29, 0.717) is 11.6 Å². The van der Waals surface area contributed by atoms with Crippen LogP contribution in [0, 0.1) is 0 Å². The van der Waals surface area contributed by atoms with Crippen LogP contribution in [0.2, 0.25) is 0 Å². The Labute approximate surface area is 117 Å². The van der Waals surface area contributed by atoms with E-state index in [2.05, 4.69) is 10.3 Å². The molecule has 0 unspecified atom stereocenters. The number of nitrogens with zero attached hydrogens (tertiary/aromatic N) is 2. The van der Waals surface area contributed by atoms with Gasteiger partial charge in [0.1, 0.15) is 6.54 Å². The largest absolute Gasteiger partial charge is 0.480 e. The minimum atomic E-state index is -1.03. The van der Waals surface area contributed by atoms with E-state index in [1.165, 1.54) is 6.92 Å². The van der Waals surface area contributed by atoms with E-state index in [0.717, 1.165) is 5.70 Å². The molecule has 0 saturated heterocycles. The van der Waals surface area contributed by atoms with Gasteiger partial charge in [-0.25, -0.2) is 9.79 Å². The van der Waals surface area contributed by atoms with E-state index in [1.807, 2.05) is 25.9 Å². The maximum atomic E-state index is 11.1. The first kappa shape index (κ1) is 17.6. The molecule has 0 aromatic rings. The van der Waals surface area contributed by atoms with Gasteiger partial charge >= 0.3 is 11.9 Å². The summed E-state index contributed by atoms with van der Waals surface area (Å²) in [6.07, 6.45) is 0. The van der Waals surface area contributed by atoms with Gasteiger partial charge in [0.15, 0.2) is 11.6 Å². The standard InChI is InChI=1S/C8H12N2O2.C4H7NO3/c1-5(10(3)4)7-8(11)12-6(2)9-7;1-3(6)5-2-4(7)8/h1-4H3;2H2,1H3,(H,5,6)(H,7,8)/b7-5-;. The fraction of sp³-hybridized carbons (Fsp3) is 0.500. The van der Waals surface area contributed by atoms with Crippen LogP contribution >= 0.6 is 0 Å². The van der Waals surface area contributed by atoms with Gasteiger partial charge in [-0.2, -0.15) is 0 Å². The van der Waals surface area contributed by atoms with Crippen molar-refractivity contribution in [3.63, 3.8) is 0 Å². The number of allylic oxidation sites excluding steroid dienone is 1. The Balaban J connectivity index is 0.000000396. The number of hydrogen-bond acceptors (Lipinski definition) is 6. The van der Waals surface area contributed by atoms with Gasteiger partial charge in [0.25, 0.3) is 0 Å². The van der Waals surface area contributed by atoms with Crippen molar-refractivity contribution in [2.45, 2.75) is 20.8 Å². The number of nitrogens with one attached hydrogen (secondary N) is 1. The summed E-state index contributed by atoms with van der Waals surface area (Å²) in [6.45, 7) is 4.46. The highest BCUT2D eigenvalue weighted by Gasteiger charge is 2.22. The van der Waals surface area contributed by atoms with Gasteiger partial charge in [0.05, 0.1) is 0 Å². The Kier molecular flexibility index (Phi) is 6.98. The molecule has 2 N–H and O–H groups in total. The molecule has 0 atom stereocenters. The topological polar surface area (TPSA) is 108 Å². The van der Waals surface area contributed by atoms with E-state index in [1.54, 1.807) is 6.92 Å². The number of hydrogen-bond donors (Lipinski definition) is 2.